The highest BCUT2D eigenvalue weighted by Crippen LogP contribution is 2.17. The van der Waals surface area contributed by atoms with Crippen molar-refractivity contribution in [1.29, 1.82) is 0 Å². The highest BCUT2D eigenvalue weighted by molar-refractivity contribution is 6.31. The van der Waals surface area contributed by atoms with Crippen LogP contribution >= 0.6 is 11.6 Å². The minimum Gasteiger partial charge on any atom is -0.462 e. The van der Waals surface area contributed by atoms with Crippen molar-refractivity contribution in [2.45, 2.75) is 6.92 Å². The zero-order valence-corrected chi connectivity index (χ0v) is 12.8. The van der Waals surface area contributed by atoms with Gasteiger partial charge in [0.15, 0.2) is 5.78 Å². The van der Waals surface area contributed by atoms with Gasteiger partial charge in [-0.15, -0.1) is 0 Å². The molecule has 0 aliphatic carbocycles. The molecule has 0 radical (unpaired) electrons. The van der Waals surface area contributed by atoms with Crippen LogP contribution < -0.4 is 0 Å². The van der Waals surface area contributed by atoms with Crippen LogP contribution in [0.4, 0.5) is 0 Å². The fourth-order valence-corrected chi connectivity index (χ4v) is 2.13. The Morgan fingerprint density at radius 2 is 1.82 bits per heavy atom. The van der Waals surface area contributed by atoms with E-state index in [0.717, 1.165) is 0 Å². The second kappa shape index (κ2) is 7.57. The topological polar surface area (TPSA) is 43.4 Å². The van der Waals surface area contributed by atoms with Crippen molar-refractivity contribution in [3.8, 4) is 0 Å². The number of halogens is 1. The minimum atomic E-state index is -0.642. The number of esters is 1. The molecule has 0 saturated carbocycles. The maximum absolute atomic E-state index is 12.5. The molecule has 0 fully saturated rings. The summed E-state index contributed by atoms with van der Waals surface area (Å²) in [4.78, 5) is 24.7. The average molecular weight is 315 g/mol. The maximum Gasteiger partial charge on any atom is 0.342 e. The van der Waals surface area contributed by atoms with E-state index >= 15 is 0 Å². The molecule has 0 unspecified atom stereocenters. The van der Waals surface area contributed by atoms with Gasteiger partial charge < -0.3 is 4.74 Å². The van der Waals surface area contributed by atoms with Crippen LogP contribution in [0.2, 0.25) is 5.02 Å². The normalized spacial score (nSPS) is 11.1. The van der Waals surface area contributed by atoms with Gasteiger partial charge in [-0.3, -0.25) is 4.79 Å². The molecule has 3 nitrogen and oxygen atoms in total. The number of rotatable bonds is 5. The van der Waals surface area contributed by atoms with Gasteiger partial charge in [0, 0.05) is 10.6 Å². The maximum atomic E-state index is 12.5. The van der Waals surface area contributed by atoms with Crippen molar-refractivity contribution in [2.24, 2.45) is 0 Å². The lowest BCUT2D eigenvalue weighted by Crippen LogP contribution is -2.16. The first-order valence-corrected chi connectivity index (χ1v) is 7.23. The summed E-state index contributed by atoms with van der Waals surface area (Å²) >= 11 is 5.94. The summed E-state index contributed by atoms with van der Waals surface area (Å²) in [6.45, 7) is 1.90. The molecular weight excluding hydrogens is 300 g/mol. The second-order valence-electron chi connectivity index (χ2n) is 4.53. The van der Waals surface area contributed by atoms with Gasteiger partial charge in [0.1, 0.15) is 5.57 Å². The zero-order valence-electron chi connectivity index (χ0n) is 12.1. The Labute approximate surface area is 134 Å². The quantitative estimate of drug-likeness (QED) is 0.273. The average Bonchev–Trinajstić information content (AvgIpc) is 2.53. The largest absolute Gasteiger partial charge is 0.462 e. The van der Waals surface area contributed by atoms with Crippen LogP contribution in [0.15, 0.2) is 60.2 Å². The minimum absolute atomic E-state index is 0.0182. The Hall–Kier alpha value is -2.39. The van der Waals surface area contributed by atoms with Crippen LogP contribution in [-0.4, -0.2) is 18.4 Å². The van der Waals surface area contributed by atoms with Crippen molar-refractivity contribution >= 4 is 29.4 Å². The van der Waals surface area contributed by atoms with Gasteiger partial charge in [0.25, 0.3) is 0 Å². The van der Waals surface area contributed by atoms with Gasteiger partial charge in [-0.25, -0.2) is 4.79 Å². The number of hydrogen-bond acceptors (Lipinski definition) is 3. The van der Waals surface area contributed by atoms with Crippen molar-refractivity contribution in [2.75, 3.05) is 6.61 Å². The van der Waals surface area contributed by atoms with Crippen LogP contribution in [0.25, 0.3) is 6.08 Å². The van der Waals surface area contributed by atoms with Crippen LogP contribution in [0.5, 0.6) is 0 Å². The zero-order chi connectivity index (χ0) is 15.9. The van der Waals surface area contributed by atoms with Gasteiger partial charge >= 0.3 is 5.97 Å². The molecule has 0 saturated heterocycles. The van der Waals surface area contributed by atoms with Crippen molar-refractivity contribution in [3.63, 3.8) is 0 Å². The summed E-state index contributed by atoms with van der Waals surface area (Å²) < 4.78 is 4.99. The Bertz CT molecular complexity index is 705. The SMILES string of the molecule is CCOC(=O)C(=Cc1cccc(Cl)c1)C(=O)c1ccccc1. The molecule has 0 aliphatic rings. The summed E-state index contributed by atoms with van der Waals surface area (Å²) in [6, 6.07) is 15.5. The summed E-state index contributed by atoms with van der Waals surface area (Å²) in [7, 11) is 0. The predicted octanol–water partition coefficient (Wildman–Crippen LogP) is 4.17. The lowest BCUT2D eigenvalue weighted by atomic mass is 10.0. The molecular formula is C18H15ClO3. The van der Waals surface area contributed by atoms with E-state index in [9.17, 15) is 9.59 Å². The molecule has 0 atom stereocenters. The van der Waals surface area contributed by atoms with Crippen LogP contribution in [0, 0.1) is 0 Å². The Balaban J connectivity index is 2.43. The number of ketones is 1. The number of Topliss-reactive ketones (excluding diaryl/α,β-unsaturated/α-hetero) is 1. The predicted molar refractivity (Wildman–Crippen MR) is 86.8 cm³/mol. The molecule has 2 rings (SSSR count). The smallest absolute Gasteiger partial charge is 0.342 e. The lowest BCUT2D eigenvalue weighted by molar-refractivity contribution is -0.137. The van der Waals surface area contributed by atoms with E-state index in [1.165, 1.54) is 6.08 Å². The highest BCUT2D eigenvalue weighted by atomic mass is 35.5. The van der Waals surface area contributed by atoms with Gasteiger partial charge in [-0.1, -0.05) is 54.1 Å². The molecule has 0 N–H and O–H groups in total. The Morgan fingerprint density at radius 3 is 2.45 bits per heavy atom. The van der Waals surface area contributed by atoms with Gasteiger partial charge in [-0.05, 0) is 30.7 Å². The van der Waals surface area contributed by atoms with Crippen LogP contribution in [-0.2, 0) is 9.53 Å². The van der Waals surface area contributed by atoms with E-state index in [1.54, 1.807) is 55.5 Å². The van der Waals surface area contributed by atoms with Crippen molar-refractivity contribution < 1.29 is 14.3 Å². The lowest BCUT2D eigenvalue weighted by Gasteiger charge is -2.07. The first kappa shape index (κ1) is 16.0. The van der Waals surface area contributed by atoms with E-state index in [0.29, 0.717) is 16.1 Å². The third-order valence-electron chi connectivity index (χ3n) is 2.94. The van der Waals surface area contributed by atoms with E-state index in [4.69, 9.17) is 16.3 Å². The Kier molecular flexibility index (Phi) is 5.50. The first-order chi connectivity index (χ1) is 10.6. The molecule has 112 valence electrons. The molecule has 2 aromatic carbocycles. The summed E-state index contributed by atoms with van der Waals surface area (Å²) in [5.74, 6) is -1.02. The number of ether oxygens (including phenoxy) is 1. The van der Waals surface area contributed by atoms with E-state index in [-0.39, 0.29) is 18.0 Å². The number of hydrogen-bond donors (Lipinski definition) is 0. The third kappa shape index (κ3) is 4.06. The molecule has 0 bridgehead atoms. The van der Waals surface area contributed by atoms with Gasteiger partial charge in [0.2, 0.25) is 0 Å². The molecule has 0 heterocycles. The third-order valence-corrected chi connectivity index (χ3v) is 3.17. The summed E-state index contributed by atoms with van der Waals surface area (Å²) in [5.41, 5.74) is 1.08. The summed E-state index contributed by atoms with van der Waals surface area (Å²) in [5, 5.41) is 0.532. The standard InChI is InChI=1S/C18H15ClO3/c1-2-22-18(21)16(12-13-7-6-10-15(19)11-13)17(20)14-8-4-3-5-9-14/h3-12H,2H2,1H3. The Morgan fingerprint density at radius 1 is 1.09 bits per heavy atom. The number of carbonyl (C=O) groups is 2. The van der Waals surface area contributed by atoms with E-state index < -0.39 is 5.97 Å². The van der Waals surface area contributed by atoms with Crippen LogP contribution in [0.1, 0.15) is 22.8 Å². The van der Waals surface area contributed by atoms with Crippen LogP contribution in [0.3, 0.4) is 0 Å². The second-order valence-corrected chi connectivity index (χ2v) is 4.97. The highest BCUT2D eigenvalue weighted by Gasteiger charge is 2.21. The molecule has 0 amide bonds. The number of benzene rings is 2. The van der Waals surface area contributed by atoms with Gasteiger partial charge in [0.05, 0.1) is 6.61 Å². The summed E-state index contributed by atoms with van der Waals surface area (Å²) in [6.07, 6.45) is 1.50. The molecule has 0 aromatic heterocycles. The van der Waals surface area contributed by atoms with E-state index in [2.05, 4.69) is 0 Å². The molecule has 2 aromatic rings. The first-order valence-electron chi connectivity index (χ1n) is 6.86. The van der Waals surface area contributed by atoms with Crippen molar-refractivity contribution in [3.05, 3.63) is 76.3 Å². The molecule has 0 spiro atoms. The van der Waals surface area contributed by atoms with Crippen molar-refractivity contribution in [1.82, 2.24) is 0 Å². The van der Waals surface area contributed by atoms with E-state index in [1.807, 2.05) is 6.07 Å². The molecule has 4 heteroatoms. The molecule has 22 heavy (non-hydrogen) atoms. The fraction of sp³-hybridized carbons (Fsp3) is 0.111. The fourth-order valence-electron chi connectivity index (χ4n) is 1.93. The monoisotopic (exact) mass is 314 g/mol. The molecule has 0 aliphatic heterocycles. The number of carbonyl (C=O) groups excluding carboxylic acids is 2. The van der Waals surface area contributed by atoms with Gasteiger partial charge in [-0.2, -0.15) is 0 Å².